The number of carbonyl (C=O) groups excluding carboxylic acids is 1. The number of aryl methyl sites for hydroxylation is 1. The summed E-state index contributed by atoms with van der Waals surface area (Å²) in [5.41, 5.74) is 1.84. The Morgan fingerprint density at radius 2 is 1.79 bits per heavy atom. The van der Waals surface area contributed by atoms with Gasteiger partial charge in [0, 0.05) is 17.5 Å². The van der Waals surface area contributed by atoms with Crippen LogP contribution in [-0.4, -0.2) is 21.4 Å². The number of rotatable bonds is 5. The molecule has 2 N–H and O–H groups in total. The van der Waals surface area contributed by atoms with Crippen LogP contribution >= 0.6 is 15.9 Å². The van der Waals surface area contributed by atoms with Crippen LogP contribution in [0.25, 0.3) is 0 Å². The number of halogens is 1. The third-order valence-corrected chi connectivity index (χ3v) is 5.18. The number of carbonyl (C=O) groups is 1. The Morgan fingerprint density at radius 1 is 1.12 bits per heavy atom. The van der Waals surface area contributed by atoms with Crippen LogP contribution in [0.15, 0.2) is 45.8 Å². The third kappa shape index (κ3) is 4.27. The first-order valence-electron chi connectivity index (χ1n) is 6.97. The number of hydrogen-bond acceptors (Lipinski definition) is 4. The molecule has 2 rings (SSSR count). The summed E-state index contributed by atoms with van der Waals surface area (Å²) in [4.78, 5) is 11.2. The second kappa shape index (κ2) is 7.23. The standard InChI is InChI=1S/C16H17BrN2O4S/c1-10-4-6-14(13(17)8-10)19-24(21,22)12-5-7-15(18-11(2)20)16(9-12)23-3/h4-9,19H,1-3H3,(H,18,20). The molecule has 0 radical (unpaired) electrons. The summed E-state index contributed by atoms with van der Waals surface area (Å²) < 4.78 is 33.5. The number of amides is 1. The molecule has 0 aliphatic heterocycles. The molecule has 0 unspecified atom stereocenters. The summed E-state index contributed by atoms with van der Waals surface area (Å²) in [5.74, 6) is -0.0123. The molecular weight excluding hydrogens is 396 g/mol. The summed E-state index contributed by atoms with van der Waals surface area (Å²) in [6.07, 6.45) is 0. The van der Waals surface area contributed by atoms with Gasteiger partial charge in [-0.15, -0.1) is 0 Å². The van der Waals surface area contributed by atoms with Crippen molar-refractivity contribution in [1.82, 2.24) is 0 Å². The highest BCUT2D eigenvalue weighted by atomic mass is 79.9. The maximum Gasteiger partial charge on any atom is 0.262 e. The van der Waals surface area contributed by atoms with E-state index in [1.165, 1.54) is 32.2 Å². The number of hydrogen-bond donors (Lipinski definition) is 2. The van der Waals surface area contributed by atoms with E-state index in [9.17, 15) is 13.2 Å². The van der Waals surface area contributed by atoms with Gasteiger partial charge in [-0.2, -0.15) is 0 Å². The lowest BCUT2D eigenvalue weighted by atomic mass is 10.2. The van der Waals surface area contributed by atoms with Gasteiger partial charge in [-0.3, -0.25) is 9.52 Å². The predicted octanol–water partition coefficient (Wildman–Crippen LogP) is 3.53. The van der Waals surface area contributed by atoms with Gasteiger partial charge >= 0.3 is 0 Å². The van der Waals surface area contributed by atoms with Crippen LogP contribution in [0.1, 0.15) is 12.5 Å². The smallest absolute Gasteiger partial charge is 0.262 e. The molecule has 0 aliphatic carbocycles. The van der Waals surface area contributed by atoms with Crippen molar-refractivity contribution in [1.29, 1.82) is 0 Å². The molecule has 2 aromatic rings. The zero-order valence-corrected chi connectivity index (χ0v) is 15.8. The minimum absolute atomic E-state index is 0.0286. The van der Waals surface area contributed by atoms with Crippen molar-refractivity contribution in [2.45, 2.75) is 18.7 Å². The second-order valence-corrected chi connectivity index (χ2v) is 7.67. The van der Waals surface area contributed by atoms with E-state index >= 15 is 0 Å². The van der Waals surface area contributed by atoms with Crippen molar-refractivity contribution in [3.8, 4) is 5.75 Å². The van der Waals surface area contributed by atoms with Crippen LogP contribution in [0.4, 0.5) is 11.4 Å². The monoisotopic (exact) mass is 412 g/mol. The van der Waals surface area contributed by atoms with Crippen molar-refractivity contribution in [3.05, 3.63) is 46.4 Å². The fourth-order valence-electron chi connectivity index (χ4n) is 2.04. The molecule has 0 aromatic heterocycles. The van der Waals surface area contributed by atoms with Crippen LogP contribution in [0.3, 0.4) is 0 Å². The zero-order valence-electron chi connectivity index (χ0n) is 13.4. The molecule has 128 valence electrons. The highest BCUT2D eigenvalue weighted by Crippen LogP contribution is 2.30. The lowest BCUT2D eigenvalue weighted by molar-refractivity contribution is -0.114. The summed E-state index contributed by atoms with van der Waals surface area (Å²) in [7, 11) is -2.40. The normalized spacial score (nSPS) is 11.0. The lowest BCUT2D eigenvalue weighted by Crippen LogP contribution is -2.14. The highest BCUT2D eigenvalue weighted by molar-refractivity contribution is 9.10. The summed E-state index contributed by atoms with van der Waals surface area (Å²) in [6.45, 7) is 3.27. The van der Waals surface area contributed by atoms with Crippen LogP contribution in [0.5, 0.6) is 5.75 Å². The Bertz CT molecular complexity index is 882. The molecule has 0 fully saturated rings. The van der Waals surface area contributed by atoms with Gasteiger partial charge in [-0.1, -0.05) is 6.07 Å². The van der Waals surface area contributed by atoms with Gasteiger partial charge in [0.15, 0.2) is 0 Å². The molecule has 6 nitrogen and oxygen atoms in total. The lowest BCUT2D eigenvalue weighted by Gasteiger charge is -2.13. The van der Waals surface area contributed by atoms with E-state index in [0.29, 0.717) is 15.8 Å². The molecule has 0 atom stereocenters. The Morgan fingerprint density at radius 3 is 2.38 bits per heavy atom. The molecular formula is C16H17BrN2O4S. The Kier molecular flexibility index (Phi) is 5.51. The predicted molar refractivity (Wildman–Crippen MR) is 97.0 cm³/mol. The Labute approximate surface area is 149 Å². The SMILES string of the molecule is COc1cc(S(=O)(=O)Nc2ccc(C)cc2Br)ccc1NC(C)=O. The fourth-order valence-corrected chi connectivity index (χ4v) is 3.86. The van der Waals surface area contributed by atoms with Gasteiger partial charge in [0.2, 0.25) is 5.91 Å². The molecule has 0 spiro atoms. The maximum absolute atomic E-state index is 12.6. The number of ether oxygens (including phenoxy) is 1. The molecule has 0 saturated carbocycles. The first kappa shape index (κ1) is 18.3. The molecule has 1 amide bonds. The van der Waals surface area contributed by atoms with E-state index in [-0.39, 0.29) is 16.6 Å². The van der Waals surface area contributed by atoms with Crippen LogP contribution < -0.4 is 14.8 Å². The average Bonchev–Trinajstić information content (AvgIpc) is 2.49. The van der Waals surface area contributed by atoms with Crippen molar-refractivity contribution >= 4 is 43.2 Å². The van der Waals surface area contributed by atoms with Crippen molar-refractivity contribution < 1.29 is 17.9 Å². The van der Waals surface area contributed by atoms with Crippen LogP contribution in [0, 0.1) is 6.92 Å². The minimum Gasteiger partial charge on any atom is -0.495 e. The van der Waals surface area contributed by atoms with E-state index in [2.05, 4.69) is 26.0 Å². The van der Waals surface area contributed by atoms with E-state index in [0.717, 1.165) is 5.56 Å². The number of methoxy groups -OCH3 is 1. The topological polar surface area (TPSA) is 84.5 Å². The van der Waals surface area contributed by atoms with Gasteiger partial charge in [0.05, 0.1) is 23.4 Å². The first-order chi connectivity index (χ1) is 11.2. The van der Waals surface area contributed by atoms with Gasteiger partial charge in [-0.25, -0.2) is 8.42 Å². The molecule has 0 heterocycles. The molecule has 0 bridgehead atoms. The quantitative estimate of drug-likeness (QED) is 0.786. The van der Waals surface area contributed by atoms with Gasteiger partial charge in [0.1, 0.15) is 5.75 Å². The van der Waals surface area contributed by atoms with E-state index in [1.807, 2.05) is 19.1 Å². The van der Waals surface area contributed by atoms with Crippen LogP contribution in [0.2, 0.25) is 0 Å². The minimum atomic E-state index is -3.80. The molecule has 0 aliphatic rings. The summed E-state index contributed by atoms with van der Waals surface area (Å²) in [6, 6.07) is 9.55. The molecule has 0 saturated heterocycles. The molecule has 2 aromatic carbocycles. The van der Waals surface area contributed by atoms with E-state index < -0.39 is 10.0 Å². The van der Waals surface area contributed by atoms with Gasteiger partial charge in [0.25, 0.3) is 10.0 Å². The first-order valence-corrected chi connectivity index (χ1v) is 9.25. The zero-order chi connectivity index (χ0) is 17.9. The Hall–Kier alpha value is -2.06. The fraction of sp³-hybridized carbons (Fsp3) is 0.188. The van der Waals surface area contributed by atoms with Gasteiger partial charge < -0.3 is 10.1 Å². The summed E-state index contributed by atoms with van der Waals surface area (Å²) in [5, 5.41) is 2.58. The van der Waals surface area contributed by atoms with E-state index in [1.54, 1.807) is 6.07 Å². The number of benzene rings is 2. The van der Waals surface area contributed by atoms with Gasteiger partial charge in [-0.05, 0) is 52.7 Å². The highest BCUT2D eigenvalue weighted by Gasteiger charge is 2.18. The number of nitrogens with one attached hydrogen (secondary N) is 2. The van der Waals surface area contributed by atoms with Crippen LogP contribution in [-0.2, 0) is 14.8 Å². The van der Waals surface area contributed by atoms with Crippen molar-refractivity contribution in [3.63, 3.8) is 0 Å². The number of sulfonamides is 1. The largest absolute Gasteiger partial charge is 0.495 e. The summed E-state index contributed by atoms with van der Waals surface area (Å²) >= 11 is 3.34. The third-order valence-electron chi connectivity index (χ3n) is 3.16. The van der Waals surface area contributed by atoms with E-state index in [4.69, 9.17) is 4.74 Å². The second-order valence-electron chi connectivity index (χ2n) is 5.13. The average molecular weight is 413 g/mol. The molecule has 24 heavy (non-hydrogen) atoms. The maximum atomic E-state index is 12.6. The molecule has 8 heteroatoms. The van der Waals surface area contributed by atoms with Crippen molar-refractivity contribution in [2.24, 2.45) is 0 Å². The number of anilines is 2. The Balaban J connectivity index is 2.36. The van der Waals surface area contributed by atoms with Crippen molar-refractivity contribution in [2.75, 3.05) is 17.1 Å².